The minimum atomic E-state index is -4.72. The van der Waals surface area contributed by atoms with Crippen molar-refractivity contribution in [2.75, 3.05) is 0 Å². The molecule has 0 saturated heterocycles. The van der Waals surface area contributed by atoms with Gasteiger partial charge in [-0.1, -0.05) is 5.16 Å². The van der Waals surface area contributed by atoms with Crippen LogP contribution in [0.15, 0.2) is 29.7 Å². The van der Waals surface area contributed by atoms with E-state index in [2.05, 4.69) is 15.0 Å². The molecule has 1 aromatic heterocycles. The molecule has 0 saturated carbocycles. The predicted molar refractivity (Wildman–Crippen MR) is 59.8 cm³/mol. The maximum atomic E-state index is 10.7. The highest BCUT2D eigenvalue weighted by Gasteiger charge is 2.24. The molecule has 1 aliphatic rings. The van der Waals surface area contributed by atoms with Gasteiger partial charge in [-0.3, -0.25) is 4.98 Å². The van der Waals surface area contributed by atoms with Gasteiger partial charge in [-0.25, -0.2) is 0 Å². The second-order valence-corrected chi connectivity index (χ2v) is 4.73. The Kier molecular flexibility index (Phi) is 5.40. The van der Waals surface area contributed by atoms with Gasteiger partial charge in [-0.05, 0) is 19.7 Å². The second kappa shape index (κ2) is 5.85. The van der Waals surface area contributed by atoms with Crippen LogP contribution in [0.5, 0.6) is 0 Å². The van der Waals surface area contributed by atoms with Crippen molar-refractivity contribution in [3.63, 3.8) is 0 Å². The van der Waals surface area contributed by atoms with Crippen LogP contribution in [0.4, 0.5) is 0 Å². The molecule has 96 valence electrons. The number of hydrogen-bond donors (Lipinski definition) is 2. The molecule has 1 unspecified atom stereocenters. The quantitative estimate of drug-likeness (QED) is 0.723. The molecule has 0 aliphatic carbocycles. The standard InChI is InChI=1S/C8H9N2O4P.2H3N/c11-15(12,13)8-5-7(10-14-8)6-1-3-9-4-2-6;;/h1-4,8H,5H2,(H2,11,12,13);2*1H3. The summed E-state index contributed by atoms with van der Waals surface area (Å²) in [6.07, 6.45) is 3.10. The Morgan fingerprint density at radius 2 is 1.88 bits per heavy atom. The number of nitrogens with zero attached hydrogens (tertiary/aromatic N) is 2. The van der Waals surface area contributed by atoms with Crippen LogP contribution < -0.4 is 22.1 Å². The van der Waals surface area contributed by atoms with Gasteiger partial charge in [0.1, 0.15) is 0 Å². The third kappa shape index (κ3) is 3.58. The molecular weight excluding hydrogens is 247 g/mol. The minimum absolute atomic E-state index is 0. The molecule has 17 heavy (non-hydrogen) atoms. The number of pyridine rings is 1. The molecule has 2 rings (SSSR count). The lowest BCUT2D eigenvalue weighted by Crippen LogP contribution is -2.26. The van der Waals surface area contributed by atoms with E-state index in [1.807, 2.05) is 0 Å². The first kappa shape index (κ1) is 15.7. The monoisotopic (exact) mass is 262 g/mol. The van der Waals surface area contributed by atoms with Crippen molar-refractivity contribution in [2.45, 2.75) is 12.3 Å². The molecule has 0 fully saturated rings. The van der Waals surface area contributed by atoms with Crippen LogP contribution >= 0.6 is 7.60 Å². The summed E-state index contributed by atoms with van der Waals surface area (Å²) < 4.78 is 10.7. The van der Waals surface area contributed by atoms with Gasteiger partial charge in [0.25, 0.3) is 0 Å². The third-order valence-corrected chi connectivity index (χ3v) is 3.00. The summed E-state index contributed by atoms with van der Waals surface area (Å²) >= 11 is 0. The van der Waals surface area contributed by atoms with Crippen molar-refractivity contribution in [1.82, 2.24) is 17.3 Å². The lowest BCUT2D eigenvalue weighted by Gasteiger charge is -2.33. The summed E-state index contributed by atoms with van der Waals surface area (Å²) in [5.74, 6) is -1.37. The number of hydrogen-bond acceptors (Lipinski definition) is 6. The average Bonchev–Trinajstić information content (AvgIpc) is 2.67. The van der Waals surface area contributed by atoms with E-state index < -0.39 is 13.4 Å². The van der Waals surface area contributed by atoms with Crippen molar-refractivity contribution >= 4 is 13.3 Å². The van der Waals surface area contributed by atoms with Crippen molar-refractivity contribution in [3.05, 3.63) is 30.1 Å². The van der Waals surface area contributed by atoms with Gasteiger partial charge in [0.2, 0.25) is 0 Å². The van der Waals surface area contributed by atoms with E-state index in [0.717, 1.165) is 0 Å². The molecule has 1 aliphatic heterocycles. The van der Waals surface area contributed by atoms with E-state index in [0.29, 0.717) is 11.3 Å². The molecule has 0 amide bonds. The number of aromatic nitrogens is 1. The molecule has 2 heterocycles. The first-order valence-corrected chi connectivity index (χ1v) is 5.83. The van der Waals surface area contributed by atoms with Gasteiger partial charge in [0, 0.05) is 24.4 Å². The van der Waals surface area contributed by atoms with E-state index >= 15 is 0 Å². The molecule has 0 radical (unpaired) electrons. The highest BCUT2D eigenvalue weighted by atomic mass is 31.2. The Balaban J connectivity index is 0.00000128. The van der Waals surface area contributed by atoms with E-state index in [1.54, 1.807) is 24.5 Å². The Labute approximate surface area is 98.0 Å². The molecular formula is C8H15N4O4P. The molecule has 1 atom stereocenters. The Morgan fingerprint density at radius 3 is 2.35 bits per heavy atom. The van der Waals surface area contributed by atoms with E-state index in [1.165, 1.54) is 0 Å². The largest absolute Gasteiger partial charge is 0.808 e. The molecule has 1 aromatic rings. The normalized spacial score (nSPS) is 18.5. The van der Waals surface area contributed by atoms with Gasteiger partial charge < -0.3 is 31.5 Å². The maximum absolute atomic E-state index is 10.7. The summed E-state index contributed by atoms with van der Waals surface area (Å²) in [7, 11) is -4.72. The topological polar surface area (TPSA) is 171 Å². The fraction of sp³-hybridized carbons (Fsp3) is 0.250. The first-order valence-electron chi connectivity index (χ1n) is 4.22. The second-order valence-electron chi connectivity index (χ2n) is 3.08. The van der Waals surface area contributed by atoms with Crippen molar-refractivity contribution in [1.29, 1.82) is 0 Å². The van der Waals surface area contributed by atoms with Crippen molar-refractivity contribution in [2.24, 2.45) is 5.16 Å². The zero-order chi connectivity index (χ0) is 10.9. The molecule has 8 nitrogen and oxygen atoms in total. The molecule has 0 spiro atoms. The van der Waals surface area contributed by atoms with Crippen LogP contribution in [-0.2, 0) is 9.40 Å². The van der Waals surface area contributed by atoms with Gasteiger partial charge in [0.15, 0.2) is 5.85 Å². The Bertz CT molecular complexity index is 432. The highest BCUT2D eigenvalue weighted by Crippen LogP contribution is 2.38. The lowest BCUT2D eigenvalue weighted by molar-refractivity contribution is -0.323. The Hall–Kier alpha value is -1.31. The molecule has 8 N–H and O–H groups in total. The fourth-order valence-corrected chi connectivity index (χ4v) is 1.81. The van der Waals surface area contributed by atoms with Crippen LogP contribution in [-0.4, -0.2) is 16.5 Å². The van der Waals surface area contributed by atoms with Crippen molar-refractivity contribution in [3.8, 4) is 0 Å². The van der Waals surface area contributed by atoms with Crippen molar-refractivity contribution < 1.29 is 19.2 Å². The summed E-state index contributed by atoms with van der Waals surface area (Å²) in [6, 6.07) is 3.34. The molecule has 9 heteroatoms. The lowest BCUT2D eigenvalue weighted by atomic mass is 10.1. The highest BCUT2D eigenvalue weighted by molar-refractivity contribution is 7.49. The third-order valence-electron chi connectivity index (χ3n) is 2.02. The molecule has 0 bridgehead atoms. The summed E-state index contributed by atoms with van der Waals surface area (Å²) in [5.41, 5.74) is 1.16. The van der Waals surface area contributed by atoms with Crippen LogP contribution in [0.2, 0.25) is 0 Å². The maximum Gasteiger partial charge on any atom is 0.158 e. The summed E-state index contributed by atoms with van der Waals surface area (Å²) in [6.45, 7) is 0. The van der Waals surface area contributed by atoms with E-state index in [9.17, 15) is 14.4 Å². The SMILES string of the molecule is O=P([O-])([O-])C1CC(c2ccncc2)=NO1.[NH4+].[NH4+]. The number of oxime groups is 1. The van der Waals surface area contributed by atoms with E-state index in [-0.39, 0.29) is 18.7 Å². The van der Waals surface area contributed by atoms with Crippen LogP contribution in [0.3, 0.4) is 0 Å². The average molecular weight is 262 g/mol. The molecule has 0 aromatic carbocycles. The van der Waals surface area contributed by atoms with Crippen LogP contribution in [0.1, 0.15) is 12.0 Å². The fourth-order valence-electron chi connectivity index (χ4n) is 1.25. The van der Waals surface area contributed by atoms with Crippen LogP contribution in [0, 0.1) is 0 Å². The minimum Gasteiger partial charge on any atom is -0.808 e. The zero-order valence-corrected chi connectivity index (χ0v) is 10.5. The Morgan fingerprint density at radius 1 is 1.29 bits per heavy atom. The number of quaternary nitrogens is 2. The zero-order valence-electron chi connectivity index (χ0n) is 9.57. The van der Waals surface area contributed by atoms with Gasteiger partial charge >= 0.3 is 0 Å². The summed E-state index contributed by atoms with van der Waals surface area (Å²) in [4.78, 5) is 29.7. The van der Waals surface area contributed by atoms with Gasteiger partial charge in [-0.2, -0.15) is 0 Å². The smallest absolute Gasteiger partial charge is 0.158 e. The predicted octanol–water partition coefficient (Wildman–Crippen LogP) is 0.198. The first-order chi connectivity index (χ1) is 7.07. The van der Waals surface area contributed by atoms with Gasteiger partial charge in [-0.15, -0.1) is 0 Å². The van der Waals surface area contributed by atoms with Gasteiger partial charge in [0.05, 0.1) is 5.71 Å². The van der Waals surface area contributed by atoms with Crippen LogP contribution in [0.25, 0.3) is 0 Å². The number of rotatable bonds is 2. The van der Waals surface area contributed by atoms with E-state index in [4.69, 9.17) is 0 Å². The summed E-state index contributed by atoms with van der Waals surface area (Å²) in [5, 5.41) is 3.57.